The standard InChI is InChI=1S/C47H70N4O2/c1-31(2)33-19-24-47(42(53)51-27-13-16-36(51)41-48-35(32-14-11-10-12-15-32)30-50(41)29-28-49(8)9)26-25-45(6)34(40(33)47)17-18-38-44(5)22-21-39(52)43(3,4)37(44)20-23-46(38,45)7/h10-12,14-15,30,33-34,36-40,52H,1,13,16-29H2,2-9H3/t33-,34+,36-,37?,38?,39-,40?,44-,45+,46+,47-/m0/s1. The Bertz CT molecular complexity index is 1710. The minimum Gasteiger partial charge on any atom is -0.393 e. The molecule has 53 heavy (non-hydrogen) atoms. The van der Waals surface area contributed by atoms with Gasteiger partial charge in [0.15, 0.2) is 0 Å². The number of amides is 1. The third-order valence-corrected chi connectivity index (χ3v) is 17.9. The average molecular weight is 723 g/mol. The smallest absolute Gasteiger partial charge is 0.229 e. The maximum Gasteiger partial charge on any atom is 0.229 e. The first-order valence-corrected chi connectivity index (χ1v) is 21.5. The summed E-state index contributed by atoms with van der Waals surface area (Å²) in [6.45, 7) is 22.2. The molecule has 1 aromatic heterocycles. The summed E-state index contributed by atoms with van der Waals surface area (Å²) in [5.74, 6) is 4.03. The van der Waals surface area contributed by atoms with Crippen molar-refractivity contribution in [3.8, 4) is 11.3 Å². The molecule has 6 aliphatic rings. The van der Waals surface area contributed by atoms with Gasteiger partial charge in [0, 0.05) is 31.4 Å². The zero-order valence-corrected chi connectivity index (χ0v) is 34.5. The van der Waals surface area contributed by atoms with Gasteiger partial charge in [0.25, 0.3) is 0 Å². The number of aliphatic hydroxyl groups excluding tert-OH is 1. The van der Waals surface area contributed by atoms with E-state index >= 15 is 4.79 Å². The van der Waals surface area contributed by atoms with Gasteiger partial charge in [-0.05, 0) is 149 Å². The number of fused-ring (bicyclic) bond motifs is 7. The fourth-order valence-corrected chi connectivity index (χ4v) is 15.0. The highest BCUT2D eigenvalue weighted by atomic mass is 16.3. The van der Waals surface area contributed by atoms with Crippen LogP contribution in [-0.2, 0) is 11.3 Å². The van der Waals surface area contributed by atoms with Crippen LogP contribution in [0.3, 0.4) is 0 Å². The lowest BCUT2D eigenvalue weighted by atomic mass is 9.32. The highest BCUT2D eigenvalue weighted by Crippen LogP contribution is 2.77. The normalized spacial score (nSPS) is 41.8. The van der Waals surface area contributed by atoms with Crippen LogP contribution in [0.15, 0.2) is 48.7 Å². The first-order chi connectivity index (χ1) is 25.1. The van der Waals surface area contributed by atoms with Gasteiger partial charge < -0.3 is 19.5 Å². The van der Waals surface area contributed by atoms with Crippen LogP contribution in [0.5, 0.6) is 0 Å². The summed E-state index contributed by atoms with van der Waals surface area (Å²) in [4.78, 5) is 25.6. The summed E-state index contributed by atoms with van der Waals surface area (Å²) >= 11 is 0. The fraction of sp³-hybridized carbons (Fsp3) is 0.745. The third kappa shape index (κ3) is 5.44. The van der Waals surface area contributed by atoms with Crippen molar-refractivity contribution in [1.29, 1.82) is 0 Å². The molecule has 290 valence electrons. The SMILES string of the molecule is C=C(C)[C@@H]1CC[C@]2(C(=O)N3CCC[C@H]3c3nc(-c4ccccc4)cn3CCN(C)C)CC[C@]3(C)[C@H](CCC4[C@@]5(C)CC[C@H](O)C(C)(C)C5CC[C@]43C)C12. The van der Waals surface area contributed by atoms with E-state index in [1.165, 1.54) is 31.3 Å². The minimum atomic E-state index is -0.319. The molecule has 5 aliphatic carbocycles. The number of carbonyl (C=O) groups excluding carboxylic acids is 1. The maximum atomic E-state index is 15.7. The van der Waals surface area contributed by atoms with Crippen LogP contribution in [0.25, 0.3) is 11.3 Å². The van der Waals surface area contributed by atoms with E-state index in [9.17, 15) is 5.11 Å². The highest BCUT2D eigenvalue weighted by molar-refractivity contribution is 5.84. The first kappa shape index (κ1) is 37.5. The summed E-state index contributed by atoms with van der Waals surface area (Å²) in [7, 11) is 4.27. The molecule has 0 spiro atoms. The van der Waals surface area contributed by atoms with Gasteiger partial charge in [-0.2, -0.15) is 0 Å². The number of carbonyl (C=O) groups is 1. The van der Waals surface area contributed by atoms with Crippen molar-refractivity contribution in [3.05, 3.63) is 54.5 Å². The number of hydrogen-bond acceptors (Lipinski definition) is 4. The molecule has 6 heteroatoms. The highest BCUT2D eigenvalue weighted by Gasteiger charge is 2.72. The molecule has 1 N–H and O–H groups in total. The number of likely N-dealkylation sites (N-methyl/N-ethyl adjacent to an activating group) is 1. The lowest BCUT2D eigenvalue weighted by Gasteiger charge is -2.73. The number of rotatable bonds is 7. The van der Waals surface area contributed by atoms with Crippen LogP contribution >= 0.6 is 0 Å². The molecule has 0 radical (unpaired) electrons. The number of hydrogen-bond donors (Lipinski definition) is 1. The summed E-state index contributed by atoms with van der Waals surface area (Å²) in [6, 6.07) is 10.6. The van der Waals surface area contributed by atoms with E-state index in [4.69, 9.17) is 4.98 Å². The van der Waals surface area contributed by atoms with Gasteiger partial charge in [-0.3, -0.25) is 4.79 Å². The van der Waals surface area contributed by atoms with Crippen LogP contribution in [-0.4, -0.2) is 63.7 Å². The Balaban J connectivity index is 1.14. The van der Waals surface area contributed by atoms with Crippen LogP contribution < -0.4 is 0 Å². The Morgan fingerprint density at radius 2 is 1.66 bits per heavy atom. The molecule has 0 bridgehead atoms. The van der Waals surface area contributed by atoms with E-state index in [1.807, 2.05) is 0 Å². The van der Waals surface area contributed by atoms with E-state index < -0.39 is 0 Å². The van der Waals surface area contributed by atoms with Crippen molar-refractivity contribution in [1.82, 2.24) is 19.4 Å². The molecular weight excluding hydrogens is 653 g/mol. The number of allylic oxidation sites excluding steroid dienone is 1. The van der Waals surface area contributed by atoms with E-state index in [1.54, 1.807) is 0 Å². The Kier molecular flexibility index (Phi) is 9.24. The van der Waals surface area contributed by atoms with Gasteiger partial charge in [-0.15, -0.1) is 0 Å². The molecule has 3 unspecified atom stereocenters. The topological polar surface area (TPSA) is 61.6 Å². The third-order valence-electron chi connectivity index (χ3n) is 17.9. The van der Waals surface area contributed by atoms with Crippen LogP contribution in [0.1, 0.15) is 130 Å². The van der Waals surface area contributed by atoms with Gasteiger partial charge in [0.05, 0.1) is 23.3 Å². The van der Waals surface area contributed by atoms with Gasteiger partial charge in [-0.25, -0.2) is 4.98 Å². The molecule has 1 aliphatic heterocycles. The van der Waals surface area contributed by atoms with Crippen molar-refractivity contribution >= 4 is 5.91 Å². The van der Waals surface area contributed by atoms with Crippen LogP contribution in [0.2, 0.25) is 0 Å². The van der Waals surface area contributed by atoms with Crippen molar-refractivity contribution in [2.45, 2.75) is 137 Å². The zero-order valence-electron chi connectivity index (χ0n) is 34.5. The molecule has 1 saturated heterocycles. The summed E-state index contributed by atoms with van der Waals surface area (Å²) in [5, 5.41) is 11.2. The van der Waals surface area contributed by atoms with Gasteiger partial charge in [-0.1, -0.05) is 77.1 Å². The maximum absolute atomic E-state index is 15.7. The number of benzene rings is 1. The number of nitrogens with zero attached hydrogens (tertiary/aromatic N) is 4. The molecule has 6 fully saturated rings. The second-order valence-electron chi connectivity index (χ2n) is 20.7. The summed E-state index contributed by atoms with van der Waals surface area (Å²) < 4.78 is 2.36. The molecule has 2 heterocycles. The van der Waals surface area contributed by atoms with Crippen LogP contribution in [0, 0.1) is 56.7 Å². The van der Waals surface area contributed by atoms with E-state index in [2.05, 4.69) is 113 Å². The molecule has 6 nitrogen and oxygen atoms in total. The van der Waals surface area contributed by atoms with E-state index in [-0.39, 0.29) is 39.2 Å². The molecule has 11 atom stereocenters. The average Bonchev–Trinajstić information content (AvgIpc) is 3.87. The van der Waals surface area contributed by atoms with Gasteiger partial charge in [0.2, 0.25) is 5.91 Å². The van der Waals surface area contributed by atoms with E-state index in [0.717, 1.165) is 88.1 Å². The van der Waals surface area contributed by atoms with Gasteiger partial charge >= 0.3 is 0 Å². The number of likely N-dealkylation sites (tertiary alicyclic amines) is 1. The van der Waals surface area contributed by atoms with Crippen molar-refractivity contribution in [2.75, 3.05) is 27.2 Å². The molecular formula is C47H70N4O2. The number of aromatic nitrogens is 2. The predicted octanol–water partition coefficient (Wildman–Crippen LogP) is 9.79. The largest absolute Gasteiger partial charge is 0.393 e. The Morgan fingerprint density at radius 3 is 2.38 bits per heavy atom. The Hall–Kier alpha value is -2.44. The zero-order chi connectivity index (χ0) is 37.7. The predicted molar refractivity (Wildman–Crippen MR) is 215 cm³/mol. The summed E-state index contributed by atoms with van der Waals surface area (Å²) in [6.07, 6.45) is 15.3. The van der Waals surface area contributed by atoms with Gasteiger partial charge in [0.1, 0.15) is 5.82 Å². The van der Waals surface area contributed by atoms with Crippen molar-refractivity contribution in [2.24, 2.45) is 56.7 Å². The second kappa shape index (κ2) is 13.1. The lowest BCUT2D eigenvalue weighted by molar-refractivity contribution is -0.247. The Morgan fingerprint density at radius 1 is 0.906 bits per heavy atom. The molecule has 1 amide bonds. The number of imidazole rings is 1. The summed E-state index contributed by atoms with van der Waals surface area (Å²) in [5.41, 5.74) is 3.77. The lowest BCUT2D eigenvalue weighted by Crippen LogP contribution is -2.67. The fourth-order valence-electron chi connectivity index (χ4n) is 15.0. The molecule has 5 saturated carbocycles. The molecule has 2 aromatic rings. The monoisotopic (exact) mass is 723 g/mol. The Labute approximate surface area is 321 Å². The van der Waals surface area contributed by atoms with Crippen LogP contribution in [0.4, 0.5) is 0 Å². The van der Waals surface area contributed by atoms with Crippen molar-refractivity contribution in [3.63, 3.8) is 0 Å². The molecule has 1 aromatic carbocycles. The first-order valence-electron chi connectivity index (χ1n) is 21.5. The minimum absolute atomic E-state index is 0.0165. The quantitative estimate of drug-likeness (QED) is 0.289. The second-order valence-corrected chi connectivity index (χ2v) is 20.7. The van der Waals surface area contributed by atoms with E-state index in [0.29, 0.717) is 35.5 Å². The molecule has 8 rings (SSSR count). The van der Waals surface area contributed by atoms with Crippen molar-refractivity contribution < 1.29 is 9.90 Å². The number of aliphatic hydroxyl groups is 1.